The number of aliphatic hydroxyl groups excluding tert-OH is 1. The van der Waals surface area contributed by atoms with Gasteiger partial charge in [0.05, 0.1) is 5.75 Å². The molecule has 112 valence electrons. The predicted octanol–water partition coefficient (Wildman–Crippen LogP) is 2.58. The van der Waals surface area contributed by atoms with E-state index in [1.807, 2.05) is 36.9 Å². The Bertz CT molecular complexity index is 381. The average Bonchev–Trinajstić information content (AvgIpc) is 2.45. The lowest BCUT2D eigenvalue weighted by molar-refractivity contribution is -0.130. The number of carbonyl (C=O) groups excluding carboxylic acids is 1. The molecule has 0 saturated carbocycles. The Labute approximate surface area is 126 Å². The van der Waals surface area contributed by atoms with Gasteiger partial charge in [-0.3, -0.25) is 4.79 Å². The van der Waals surface area contributed by atoms with Crippen LogP contribution >= 0.6 is 11.8 Å². The summed E-state index contributed by atoms with van der Waals surface area (Å²) in [4.78, 5) is 14.0. The number of hydrogen-bond donors (Lipinski definition) is 1. The van der Waals surface area contributed by atoms with Crippen molar-refractivity contribution in [3.63, 3.8) is 0 Å². The van der Waals surface area contributed by atoms with Crippen LogP contribution in [0.3, 0.4) is 0 Å². The fraction of sp³-hybridized carbons (Fsp3) is 0.562. The molecule has 1 aromatic carbocycles. The van der Waals surface area contributed by atoms with Gasteiger partial charge in [0.25, 0.3) is 0 Å². The second kappa shape index (κ2) is 9.83. The van der Waals surface area contributed by atoms with Gasteiger partial charge in [-0.05, 0) is 38.0 Å². The van der Waals surface area contributed by atoms with Crippen LogP contribution in [0.1, 0.15) is 25.8 Å². The van der Waals surface area contributed by atoms with Crippen molar-refractivity contribution in [2.24, 2.45) is 0 Å². The highest BCUT2D eigenvalue weighted by Crippen LogP contribution is 2.10. The Balaban J connectivity index is 2.27. The van der Waals surface area contributed by atoms with Gasteiger partial charge in [0, 0.05) is 19.2 Å². The molecule has 4 heteroatoms. The molecule has 0 heterocycles. The number of aliphatic hydroxyl groups is 1. The van der Waals surface area contributed by atoms with E-state index in [9.17, 15) is 4.79 Å². The van der Waals surface area contributed by atoms with Crippen LogP contribution in [-0.4, -0.2) is 46.6 Å². The van der Waals surface area contributed by atoms with E-state index in [1.54, 1.807) is 11.8 Å². The van der Waals surface area contributed by atoms with Crippen molar-refractivity contribution in [3.05, 3.63) is 35.9 Å². The Morgan fingerprint density at radius 2 is 2.00 bits per heavy atom. The van der Waals surface area contributed by atoms with Crippen LogP contribution in [0, 0.1) is 0 Å². The number of hydrogen-bond acceptors (Lipinski definition) is 3. The molecule has 0 spiro atoms. The zero-order valence-electron chi connectivity index (χ0n) is 12.4. The third-order valence-corrected chi connectivity index (χ3v) is 4.05. The summed E-state index contributed by atoms with van der Waals surface area (Å²) in [6, 6.07) is 10.5. The Morgan fingerprint density at radius 3 is 2.60 bits per heavy atom. The summed E-state index contributed by atoms with van der Waals surface area (Å²) in [6.07, 6.45) is 1.65. The number of rotatable bonds is 9. The molecule has 0 aliphatic rings. The van der Waals surface area contributed by atoms with E-state index >= 15 is 0 Å². The van der Waals surface area contributed by atoms with Crippen molar-refractivity contribution < 1.29 is 9.90 Å². The smallest absolute Gasteiger partial charge is 0.232 e. The highest BCUT2D eigenvalue weighted by atomic mass is 32.2. The molecule has 0 fully saturated rings. The SMILES string of the molecule is CC(C)N(CCCO)C(=O)CSCCc1ccccc1. The van der Waals surface area contributed by atoms with Gasteiger partial charge in [-0.1, -0.05) is 30.3 Å². The van der Waals surface area contributed by atoms with Gasteiger partial charge in [-0.25, -0.2) is 0 Å². The number of benzene rings is 1. The van der Waals surface area contributed by atoms with Gasteiger partial charge in [-0.15, -0.1) is 0 Å². The maximum atomic E-state index is 12.1. The molecule has 0 aromatic heterocycles. The van der Waals surface area contributed by atoms with Crippen molar-refractivity contribution in [2.75, 3.05) is 24.7 Å². The second-order valence-corrected chi connectivity index (χ2v) is 6.15. The number of nitrogens with zero attached hydrogens (tertiary/aromatic N) is 1. The molecule has 1 amide bonds. The van der Waals surface area contributed by atoms with Crippen molar-refractivity contribution in [1.82, 2.24) is 4.90 Å². The largest absolute Gasteiger partial charge is 0.396 e. The molecule has 0 radical (unpaired) electrons. The minimum atomic E-state index is 0.137. The lowest BCUT2D eigenvalue weighted by Gasteiger charge is -2.26. The van der Waals surface area contributed by atoms with E-state index in [-0.39, 0.29) is 18.6 Å². The fourth-order valence-corrected chi connectivity index (χ4v) is 2.85. The van der Waals surface area contributed by atoms with Gasteiger partial charge in [-0.2, -0.15) is 11.8 Å². The Hall–Kier alpha value is -1.00. The number of carbonyl (C=O) groups is 1. The van der Waals surface area contributed by atoms with E-state index in [2.05, 4.69) is 12.1 Å². The van der Waals surface area contributed by atoms with Crippen molar-refractivity contribution >= 4 is 17.7 Å². The molecule has 0 bridgehead atoms. The zero-order valence-corrected chi connectivity index (χ0v) is 13.2. The number of aryl methyl sites for hydroxylation is 1. The molecule has 3 nitrogen and oxygen atoms in total. The van der Waals surface area contributed by atoms with Crippen molar-refractivity contribution in [2.45, 2.75) is 32.7 Å². The Morgan fingerprint density at radius 1 is 1.30 bits per heavy atom. The molecule has 1 aromatic rings. The van der Waals surface area contributed by atoms with E-state index in [0.717, 1.165) is 12.2 Å². The monoisotopic (exact) mass is 295 g/mol. The summed E-state index contributed by atoms with van der Waals surface area (Å²) in [5.41, 5.74) is 1.31. The second-order valence-electron chi connectivity index (χ2n) is 5.05. The number of thioether (sulfide) groups is 1. The van der Waals surface area contributed by atoms with Gasteiger partial charge in [0.15, 0.2) is 0 Å². The van der Waals surface area contributed by atoms with Gasteiger partial charge in [0.2, 0.25) is 5.91 Å². The van der Waals surface area contributed by atoms with Crippen molar-refractivity contribution in [3.8, 4) is 0 Å². The fourth-order valence-electron chi connectivity index (χ4n) is 1.99. The molecule has 0 aliphatic heterocycles. The molecule has 20 heavy (non-hydrogen) atoms. The van der Waals surface area contributed by atoms with Crippen LogP contribution in [-0.2, 0) is 11.2 Å². The maximum Gasteiger partial charge on any atom is 0.232 e. The third-order valence-electron chi connectivity index (χ3n) is 3.10. The average molecular weight is 295 g/mol. The van der Waals surface area contributed by atoms with Gasteiger partial charge >= 0.3 is 0 Å². The number of amides is 1. The summed E-state index contributed by atoms with van der Waals surface area (Å²) in [6.45, 7) is 4.82. The molecule has 0 aliphatic carbocycles. The highest BCUT2D eigenvalue weighted by molar-refractivity contribution is 7.99. The summed E-state index contributed by atoms with van der Waals surface area (Å²) in [5, 5.41) is 8.88. The first-order valence-corrected chi connectivity index (χ1v) is 8.32. The lowest BCUT2D eigenvalue weighted by atomic mass is 10.2. The normalized spacial score (nSPS) is 10.8. The van der Waals surface area contributed by atoms with Crippen LogP contribution in [0.4, 0.5) is 0 Å². The standard InChI is InChI=1S/C16H25NO2S/c1-14(2)17(10-6-11-18)16(19)13-20-12-9-15-7-4-3-5-8-15/h3-5,7-8,14,18H,6,9-13H2,1-2H3. The summed E-state index contributed by atoms with van der Waals surface area (Å²) >= 11 is 1.68. The summed E-state index contributed by atoms with van der Waals surface area (Å²) in [5.74, 6) is 1.66. The van der Waals surface area contributed by atoms with Crippen LogP contribution in [0.15, 0.2) is 30.3 Å². The van der Waals surface area contributed by atoms with Crippen molar-refractivity contribution in [1.29, 1.82) is 0 Å². The third kappa shape index (κ3) is 6.44. The minimum Gasteiger partial charge on any atom is -0.396 e. The predicted molar refractivity (Wildman–Crippen MR) is 86.0 cm³/mol. The first kappa shape index (κ1) is 17.1. The zero-order chi connectivity index (χ0) is 14.8. The lowest BCUT2D eigenvalue weighted by Crippen LogP contribution is -2.39. The first-order valence-electron chi connectivity index (χ1n) is 7.17. The van der Waals surface area contributed by atoms with Gasteiger partial charge in [0.1, 0.15) is 0 Å². The van der Waals surface area contributed by atoms with Crippen LogP contribution in [0.25, 0.3) is 0 Å². The van der Waals surface area contributed by atoms with Crippen LogP contribution in [0.5, 0.6) is 0 Å². The molecular formula is C16H25NO2S. The summed E-state index contributed by atoms with van der Waals surface area (Å²) < 4.78 is 0. The van der Waals surface area contributed by atoms with Crippen LogP contribution in [0.2, 0.25) is 0 Å². The first-order chi connectivity index (χ1) is 9.65. The van der Waals surface area contributed by atoms with E-state index in [1.165, 1.54) is 5.56 Å². The summed E-state index contributed by atoms with van der Waals surface area (Å²) in [7, 11) is 0. The quantitative estimate of drug-likeness (QED) is 0.712. The van der Waals surface area contributed by atoms with Crippen LogP contribution < -0.4 is 0 Å². The van der Waals surface area contributed by atoms with E-state index < -0.39 is 0 Å². The molecule has 1 N–H and O–H groups in total. The Kier molecular flexibility index (Phi) is 8.38. The molecule has 0 unspecified atom stereocenters. The highest BCUT2D eigenvalue weighted by Gasteiger charge is 2.15. The molecule has 0 atom stereocenters. The van der Waals surface area contributed by atoms with E-state index in [4.69, 9.17) is 5.11 Å². The topological polar surface area (TPSA) is 40.5 Å². The van der Waals surface area contributed by atoms with E-state index in [0.29, 0.717) is 18.7 Å². The minimum absolute atomic E-state index is 0.137. The van der Waals surface area contributed by atoms with Gasteiger partial charge < -0.3 is 10.0 Å². The maximum absolute atomic E-state index is 12.1. The molecule has 1 rings (SSSR count). The molecular weight excluding hydrogens is 270 g/mol. The molecule has 0 saturated heterocycles.